The number of benzene rings is 1. The second-order valence-corrected chi connectivity index (χ2v) is 8.64. The molecule has 144 valence electrons. The Labute approximate surface area is 154 Å². The molecule has 7 nitrogen and oxygen atoms in total. The molecule has 8 heteroatoms. The number of hydrogen-bond acceptors (Lipinski definition) is 5. The van der Waals surface area contributed by atoms with Crippen molar-refractivity contribution in [3.8, 4) is 5.75 Å². The lowest BCUT2D eigenvalue weighted by molar-refractivity contribution is -0.145. The Morgan fingerprint density at radius 1 is 1.15 bits per heavy atom. The number of nitrogens with zero attached hydrogens (tertiary/aromatic N) is 2. The van der Waals surface area contributed by atoms with Crippen LogP contribution >= 0.6 is 0 Å². The average molecular weight is 382 g/mol. The van der Waals surface area contributed by atoms with Gasteiger partial charge in [0.15, 0.2) is 0 Å². The summed E-state index contributed by atoms with van der Waals surface area (Å²) in [5.74, 6) is 0.390. The van der Waals surface area contributed by atoms with Crippen LogP contribution in [0.25, 0.3) is 0 Å². The zero-order valence-electron chi connectivity index (χ0n) is 15.3. The van der Waals surface area contributed by atoms with E-state index < -0.39 is 15.6 Å². The molecule has 2 saturated heterocycles. The highest BCUT2D eigenvalue weighted by atomic mass is 32.2. The predicted molar refractivity (Wildman–Crippen MR) is 96.5 cm³/mol. The Balaban J connectivity index is 1.94. The van der Waals surface area contributed by atoms with Gasteiger partial charge in [-0.25, -0.2) is 8.42 Å². The van der Waals surface area contributed by atoms with E-state index >= 15 is 0 Å². The van der Waals surface area contributed by atoms with E-state index in [0.29, 0.717) is 51.3 Å². The van der Waals surface area contributed by atoms with E-state index in [1.54, 1.807) is 30.2 Å². The van der Waals surface area contributed by atoms with Gasteiger partial charge in [0.2, 0.25) is 15.9 Å². The van der Waals surface area contributed by atoms with Gasteiger partial charge in [-0.3, -0.25) is 4.79 Å². The highest BCUT2D eigenvalue weighted by Gasteiger charge is 2.55. The summed E-state index contributed by atoms with van der Waals surface area (Å²) < 4.78 is 38.3. The molecular weight excluding hydrogens is 356 g/mol. The molecule has 26 heavy (non-hydrogen) atoms. The van der Waals surface area contributed by atoms with Crippen molar-refractivity contribution in [3.63, 3.8) is 0 Å². The van der Waals surface area contributed by atoms with E-state index in [9.17, 15) is 13.2 Å². The molecule has 2 aliphatic rings. The first-order valence-corrected chi connectivity index (χ1v) is 10.3. The van der Waals surface area contributed by atoms with Crippen molar-refractivity contribution in [2.75, 3.05) is 40.5 Å². The van der Waals surface area contributed by atoms with Crippen molar-refractivity contribution in [3.05, 3.63) is 24.3 Å². The van der Waals surface area contributed by atoms with Gasteiger partial charge in [0.1, 0.15) is 11.3 Å². The zero-order chi connectivity index (χ0) is 18.8. The highest BCUT2D eigenvalue weighted by molar-refractivity contribution is 7.89. The first-order chi connectivity index (χ1) is 12.5. The van der Waals surface area contributed by atoms with E-state index in [4.69, 9.17) is 9.47 Å². The quantitative estimate of drug-likeness (QED) is 0.745. The number of piperidine rings is 1. The van der Waals surface area contributed by atoms with Crippen molar-refractivity contribution in [1.29, 1.82) is 0 Å². The summed E-state index contributed by atoms with van der Waals surface area (Å²) in [4.78, 5) is 15.1. The van der Waals surface area contributed by atoms with Gasteiger partial charge in [-0.15, -0.1) is 0 Å². The molecule has 1 spiro atoms. The summed E-state index contributed by atoms with van der Waals surface area (Å²) in [6.45, 7) is 1.95. The molecule has 0 N–H and O–H groups in total. The maximum atomic E-state index is 13.3. The number of carbonyl (C=O) groups excluding carboxylic acids is 1. The molecule has 0 aliphatic carbocycles. The van der Waals surface area contributed by atoms with Crippen molar-refractivity contribution < 1.29 is 22.7 Å². The zero-order valence-corrected chi connectivity index (χ0v) is 16.1. The van der Waals surface area contributed by atoms with Crippen LogP contribution in [0.3, 0.4) is 0 Å². The van der Waals surface area contributed by atoms with Crippen LogP contribution in [-0.4, -0.2) is 69.5 Å². The fourth-order valence-corrected chi connectivity index (χ4v) is 5.90. The SMILES string of the molecule is COCCN1CCCC2(CCCN2S(=O)(=O)c2cccc(OC)c2)C1=O. The fraction of sp³-hybridized carbons (Fsp3) is 0.611. The van der Waals surface area contributed by atoms with Gasteiger partial charge in [0, 0.05) is 32.8 Å². The molecule has 0 aromatic heterocycles. The van der Waals surface area contributed by atoms with Crippen LogP contribution in [0.4, 0.5) is 0 Å². The third kappa shape index (κ3) is 3.21. The minimum Gasteiger partial charge on any atom is -0.497 e. The molecule has 1 atom stereocenters. The van der Waals surface area contributed by atoms with Gasteiger partial charge in [-0.05, 0) is 37.8 Å². The van der Waals surface area contributed by atoms with E-state index in [0.717, 1.165) is 6.42 Å². The Kier molecular flexibility index (Phi) is 5.55. The maximum Gasteiger partial charge on any atom is 0.244 e. The topological polar surface area (TPSA) is 76.2 Å². The van der Waals surface area contributed by atoms with E-state index in [-0.39, 0.29) is 10.8 Å². The maximum absolute atomic E-state index is 13.3. The smallest absolute Gasteiger partial charge is 0.244 e. The van der Waals surface area contributed by atoms with Crippen LogP contribution in [0.1, 0.15) is 25.7 Å². The van der Waals surface area contributed by atoms with Crippen molar-refractivity contribution >= 4 is 15.9 Å². The van der Waals surface area contributed by atoms with Crippen molar-refractivity contribution in [1.82, 2.24) is 9.21 Å². The molecule has 1 unspecified atom stereocenters. The van der Waals surface area contributed by atoms with Gasteiger partial charge in [-0.1, -0.05) is 6.07 Å². The third-order valence-corrected chi connectivity index (χ3v) is 7.29. The first kappa shape index (κ1) is 19.1. The lowest BCUT2D eigenvalue weighted by atomic mass is 9.86. The number of methoxy groups -OCH3 is 2. The summed E-state index contributed by atoms with van der Waals surface area (Å²) in [6, 6.07) is 6.43. The van der Waals surface area contributed by atoms with Crippen LogP contribution in [0.15, 0.2) is 29.2 Å². The van der Waals surface area contributed by atoms with Gasteiger partial charge < -0.3 is 14.4 Å². The minimum atomic E-state index is -3.78. The van der Waals surface area contributed by atoms with Gasteiger partial charge in [-0.2, -0.15) is 4.31 Å². The fourth-order valence-electron chi connectivity index (χ4n) is 4.04. The van der Waals surface area contributed by atoms with Crippen LogP contribution in [-0.2, 0) is 19.6 Å². The van der Waals surface area contributed by atoms with Crippen LogP contribution < -0.4 is 4.74 Å². The summed E-state index contributed by atoms with van der Waals surface area (Å²) in [6.07, 6.45) is 2.61. The Morgan fingerprint density at radius 3 is 2.58 bits per heavy atom. The molecule has 1 aromatic carbocycles. The molecule has 0 bridgehead atoms. The predicted octanol–water partition coefficient (Wildman–Crippen LogP) is 1.49. The molecule has 2 fully saturated rings. The number of hydrogen-bond donors (Lipinski definition) is 0. The minimum absolute atomic E-state index is 0.0928. The van der Waals surface area contributed by atoms with E-state index in [1.165, 1.54) is 17.5 Å². The monoisotopic (exact) mass is 382 g/mol. The highest BCUT2D eigenvalue weighted by Crippen LogP contribution is 2.41. The van der Waals surface area contributed by atoms with E-state index in [2.05, 4.69) is 0 Å². The van der Waals surface area contributed by atoms with Crippen molar-refractivity contribution in [2.45, 2.75) is 36.1 Å². The van der Waals surface area contributed by atoms with Gasteiger partial charge >= 0.3 is 0 Å². The second-order valence-electron chi connectivity index (χ2n) is 6.78. The van der Waals surface area contributed by atoms with Crippen LogP contribution in [0, 0.1) is 0 Å². The first-order valence-electron chi connectivity index (χ1n) is 8.91. The summed E-state index contributed by atoms with van der Waals surface area (Å²) in [7, 11) is -0.684. The molecule has 1 aromatic rings. The Hall–Kier alpha value is -1.64. The molecule has 2 heterocycles. The molecule has 1 amide bonds. The molecule has 2 aliphatic heterocycles. The van der Waals surface area contributed by atoms with Crippen molar-refractivity contribution in [2.24, 2.45) is 0 Å². The normalized spacial score (nSPS) is 24.4. The number of sulfonamides is 1. The average Bonchev–Trinajstić information content (AvgIpc) is 3.08. The molecule has 0 radical (unpaired) electrons. The van der Waals surface area contributed by atoms with Gasteiger partial charge in [0.25, 0.3) is 0 Å². The summed E-state index contributed by atoms with van der Waals surface area (Å²) in [5.41, 5.74) is -0.964. The number of likely N-dealkylation sites (tertiary alicyclic amines) is 1. The largest absolute Gasteiger partial charge is 0.497 e. The van der Waals surface area contributed by atoms with Gasteiger partial charge in [0.05, 0.1) is 18.6 Å². The summed E-state index contributed by atoms with van der Waals surface area (Å²) >= 11 is 0. The standard InChI is InChI=1S/C18H26N2O5S/c1-24-13-12-19-10-4-8-18(17(19)21)9-5-11-20(18)26(22,23)16-7-3-6-15(14-16)25-2/h3,6-7,14H,4-5,8-13H2,1-2H3. The third-order valence-electron chi connectivity index (χ3n) is 5.33. The Bertz CT molecular complexity index is 767. The van der Waals surface area contributed by atoms with Crippen LogP contribution in [0.2, 0.25) is 0 Å². The number of carbonyl (C=O) groups is 1. The molecular formula is C18H26N2O5S. The number of ether oxygens (including phenoxy) is 2. The second kappa shape index (κ2) is 7.54. The molecule has 3 rings (SSSR count). The molecule has 0 saturated carbocycles. The van der Waals surface area contributed by atoms with E-state index in [1.807, 2.05) is 0 Å². The lowest BCUT2D eigenvalue weighted by Gasteiger charge is -2.43. The lowest BCUT2D eigenvalue weighted by Crippen LogP contribution is -2.61. The number of amides is 1. The summed E-state index contributed by atoms with van der Waals surface area (Å²) in [5, 5.41) is 0. The number of rotatable bonds is 6. The Morgan fingerprint density at radius 2 is 1.88 bits per heavy atom. The van der Waals surface area contributed by atoms with Crippen LogP contribution in [0.5, 0.6) is 5.75 Å².